The fraction of sp³-hybridized carbons (Fsp3) is 0.882. The molecule has 9 nitrogen and oxygen atoms in total. The molecule has 0 aliphatic carbocycles. The van der Waals surface area contributed by atoms with E-state index in [9.17, 15) is 19.8 Å². The van der Waals surface area contributed by atoms with E-state index in [1.807, 2.05) is 0 Å². The Balaban J connectivity index is 2.79. The van der Waals surface area contributed by atoms with Crippen LogP contribution in [-0.4, -0.2) is 69.8 Å². The first-order valence-electron chi connectivity index (χ1n) is 16.3. The maximum absolute atomic E-state index is 13.5. The average molecular weight is 615 g/mol. The van der Waals surface area contributed by atoms with Gasteiger partial charge in [0.25, 0.3) is 0 Å². The fourth-order valence-corrected chi connectivity index (χ4v) is 5.14. The molecule has 1 fully saturated rings. The third kappa shape index (κ3) is 16.4. The number of hydrogen-bond acceptors (Lipinski definition) is 9. The minimum Gasteiger partial charge on any atom is -0.460 e. The number of unbranched alkanes of at least 4 members (excludes halogenated alkanes) is 8. The lowest BCUT2D eigenvalue weighted by atomic mass is 9.90. The molecule has 0 aromatic carbocycles. The molecule has 1 aliphatic rings. The second-order valence-corrected chi connectivity index (χ2v) is 14.3. The molecule has 252 valence electrons. The van der Waals surface area contributed by atoms with E-state index in [0.29, 0.717) is 19.6 Å². The van der Waals surface area contributed by atoms with Crippen LogP contribution >= 0.6 is 0 Å². The molecule has 1 unspecified atom stereocenters. The predicted molar refractivity (Wildman–Crippen MR) is 167 cm³/mol. The van der Waals surface area contributed by atoms with Crippen LogP contribution in [0.1, 0.15) is 146 Å². The number of aliphatic hydroxyl groups excluding tert-OH is 1. The normalized spacial score (nSPS) is 18.0. The molecule has 0 saturated carbocycles. The molecule has 0 aromatic rings. The number of aliphatic hydroxyl groups is 2. The summed E-state index contributed by atoms with van der Waals surface area (Å²) in [5.41, 5.74) is -3.96. The average Bonchev–Trinajstić information content (AvgIpc) is 3.30. The minimum atomic E-state index is -2.21. The Morgan fingerprint density at radius 2 is 1.33 bits per heavy atom. The van der Waals surface area contributed by atoms with E-state index in [4.69, 9.17) is 23.7 Å². The van der Waals surface area contributed by atoms with Crippen molar-refractivity contribution in [2.75, 3.05) is 13.2 Å². The van der Waals surface area contributed by atoms with E-state index < -0.39 is 52.8 Å². The van der Waals surface area contributed by atoms with Crippen LogP contribution in [0.25, 0.3) is 0 Å². The predicted octanol–water partition coefficient (Wildman–Crippen LogP) is 6.91. The summed E-state index contributed by atoms with van der Waals surface area (Å²) >= 11 is 0. The third-order valence-corrected chi connectivity index (χ3v) is 6.95. The summed E-state index contributed by atoms with van der Waals surface area (Å²) in [5, 5.41) is 21.8. The van der Waals surface area contributed by atoms with Gasteiger partial charge in [-0.1, -0.05) is 57.6 Å². The van der Waals surface area contributed by atoms with Crippen LogP contribution in [0, 0.1) is 0 Å². The molecule has 9 heteroatoms. The van der Waals surface area contributed by atoms with Crippen molar-refractivity contribution in [1.29, 1.82) is 0 Å². The van der Waals surface area contributed by atoms with Gasteiger partial charge in [0.15, 0.2) is 11.6 Å². The molecule has 0 amide bonds. The summed E-state index contributed by atoms with van der Waals surface area (Å²) in [7, 11) is 0. The van der Waals surface area contributed by atoms with E-state index >= 15 is 0 Å². The van der Waals surface area contributed by atoms with Gasteiger partial charge < -0.3 is 33.9 Å². The van der Waals surface area contributed by atoms with E-state index in [2.05, 4.69) is 6.92 Å². The summed E-state index contributed by atoms with van der Waals surface area (Å²) in [6.45, 7) is 16.3. The van der Waals surface area contributed by atoms with Crippen LogP contribution in [0.15, 0.2) is 12.2 Å². The lowest BCUT2D eigenvalue weighted by Crippen LogP contribution is -2.58. The number of hydrogen-bond donors (Lipinski definition) is 2. The second kappa shape index (κ2) is 17.8. The highest BCUT2D eigenvalue weighted by molar-refractivity contribution is 5.87. The summed E-state index contributed by atoms with van der Waals surface area (Å²) in [6.07, 6.45) is 13.5. The van der Waals surface area contributed by atoms with Crippen molar-refractivity contribution < 1.29 is 43.5 Å². The van der Waals surface area contributed by atoms with Gasteiger partial charge in [0.05, 0.1) is 19.6 Å². The van der Waals surface area contributed by atoms with Crippen molar-refractivity contribution in [2.24, 2.45) is 0 Å². The fourth-order valence-electron chi connectivity index (χ4n) is 5.14. The van der Waals surface area contributed by atoms with Crippen LogP contribution in [0.2, 0.25) is 0 Å². The summed E-state index contributed by atoms with van der Waals surface area (Å²) < 4.78 is 28.8. The summed E-state index contributed by atoms with van der Waals surface area (Å²) in [5.74, 6) is -3.99. The first-order valence-corrected chi connectivity index (χ1v) is 16.3. The van der Waals surface area contributed by atoms with Crippen LogP contribution in [0.3, 0.4) is 0 Å². The third-order valence-electron chi connectivity index (χ3n) is 6.95. The molecule has 0 aromatic heterocycles. The lowest BCUT2D eigenvalue weighted by molar-refractivity contribution is -0.273. The maximum atomic E-state index is 13.5. The molecule has 0 spiro atoms. The van der Waals surface area contributed by atoms with Gasteiger partial charge in [-0.2, -0.15) is 0 Å². The quantitative estimate of drug-likeness (QED) is 0.0652. The van der Waals surface area contributed by atoms with Gasteiger partial charge in [0.1, 0.15) is 17.3 Å². The number of ether oxygens (including phenoxy) is 5. The first kappa shape index (κ1) is 39.5. The standard InChI is InChI=1S/C34H62O9/c1-10-11-12-16-19-22-33(39-24-25-40-33)23-20-17-14-13-15-18-21-27(35)34(43-32(8,9)38,29(37)42-31(5,6)7)26-28(36)41-30(2,3)4/h18,21,27,35,38H,10-17,19-20,22-26H2,1-9H3/b21-18+/t27-,34?/m0/s1. The Kier molecular flexibility index (Phi) is 16.4. The molecular formula is C34H62O9. The smallest absolute Gasteiger partial charge is 0.342 e. The van der Waals surface area contributed by atoms with Crippen molar-refractivity contribution in [1.82, 2.24) is 0 Å². The van der Waals surface area contributed by atoms with Crippen molar-refractivity contribution >= 4 is 11.9 Å². The number of allylic oxidation sites excluding steroid dienone is 1. The Hall–Kier alpha value is -1.52. The van der Waals surface area contributed by atoms with Gasteiger partial charge in [0.2, 0.25) is 5.60 Å². The van der Waals surface area contributed by atoms with E-state index in [0.717, 1.165) is 44.9 Å². The van der Waals surface area contributed by atoms with Crippen molar-refractivity contribution in [3.8, 4) is 0 Å². The molecule has 1 aliphatic heterocycles. The number of rotatable bonds is 20. The van der Waals surface area contributed by atoms with Crippen LogP contribution in [0.5, 0.6) is 0 Å². The molecule has 0 bridgehead atoms. The highest BCUT2D eigenvalue weighted by Gasteiger charge is 2.53. The van der Waals surface area contributed by atoms with Gasteiger partial charge in [0, 0.05) is 12.8 Å². The monoisotopic (exact) mass is 614 g/mol. The maximum Gasteiger partial charge on any atom is 0.342 e. The molecule has 2 atom stereocenters. The Morgan fingerprint density at radius 1 is 0.814 bits per heavy atom. The van der Waals surface area contributed by atoms with Gasteiger partial charge in [-0.15, -0.1) is 0 Å². The first-order chi connectivity index (χ1) is 19.8. The van der Waals surface area contributed by atoms with Gasteiger partial charge in [-0.25, -0.2) is 4.79 Å². The number of carbonyl (C=O) groups excluding carboxylic acids is 2. The molecule has 1 heterocycles. The van der Waals surface area contributed by atoms with Gasteiger partial charge in [-0.3, -0.25) is 4.79 Å². The highest BCUT2D eigenvalue weighted by atomic mass is 16.7. The number of carbonyl (C=O) groups is 2. The van der Waals surface area contributed by atoms with Crippen molar-refractivity contribution in [3.63, 3.8) is 0 Å². The van der Waals surface area contributed by atoms with Crippen LogP contribution in [-0.2, 0) is 33.3 Å². The summed E-state index contributed by atoms with van der Waals surface area (Å²) in [4.78, 5) is 26.4. The van der Waals surface area contributed by atoms with Crippen molar-refractivity contribution in [2.45, 2.75) is 180 Å². The van der Waals surface area contributed by atoms with Crippen LogP contribution in [0.4, 0.5) is 0 Å². The molecule has 2 N–H and O–H groups in total. The molecule has 1 saturated heterocycles. The Morgan fingerprint density at radius 3 is 1.81 bits per heavy atom. The zero-order valence-electron chi connectivity index (χ0n) is 28.6. The Bertz CT molecular complexity index is 841. The molecule has 0 radical (unpaired) electrons. The largest absolute Gasteiger partial charge is 0.460 e. The highest BCUT2D eigenvalue weighted by Crippen LogP contribution is 2.33. The number of esters is 2. The van der Waals surface area contributed by atoms with Gasteiger partial charge >= 0.3 is 11.9 Å². The van der Waals surface area contributed by atoms with E-state index in [1.54, 1.807) is 47.6 Å². The zero-order valence-corrected chi connectivity index (χ0v) is 28.6. The minimum absolute atomic E-state index is 0.421. The van der Waals surface area contributed by atoms with Gasteiger partial charge in [-0.05, 0) is 81.1 Å². The Labute approximate surface area is 261 Å². The zero-order chi connectivity index (χ0) is 32.8. The SMILES string of the molecule is CCCCCCCC1(CCCCCC/C=C/[C@H](O)C(CC(=O)OC(C)(C)C)(OC(C)(C)O)C(=O)OC(C)(C)C)OCCO1. The molecular weight excluding hydrogens is 552 g/mol. The van der Waals surface area contributed by atoms with Crippen molar-refractivity contribution in [3.05, 3.63) is 12.2 Å². The molecule has 1 rings (SSSR count). The topological polar surface area (TPSA) is 121 Å². The second-order valence-electron chi connectivity index (χ2n) is 14.3. The van der Waals surface area contributed by atoms with Crippen LogP contribution < -0.4 is 0 Å². The lowest BCUT2D eigenvalue weighted by Gasteiger charge is -2.40. The van der Waals surface area contributed by atoms with E-state index in [-0.39, 0.29) is 0 Å². The summed E-state index contributed by atoms with van der Waals surface area (Å²) in [6, 6.07) is 0. The molecule has 43 heavy (non-hydrogen) atoms. The van der Waals surface area contributed by atoms with E-state index in [1.165, 1.54) is 45.6 Å².